The molecule has 1 aliphatic rings. The third kappa shape index (κ3) is 2.95. The summed E-state index contributed by atoms with van der Waals surface area (Å²) in [7, 11) is 0. The normalized spacial score (nSPS) is 13.1. The highest BCUT2D eigenvalue weighted by atomic mass is 35.5. The fraction of sp³-hybridized carbons (Fsp3) is 0.190. The van der Waals surface area contributed by atoms with Gasteiger partial charge in [-0.15, -0.1) is 0 Å². The van der Waals surface area contributed by atoms with Gasteiger partial charge in [0.2, 0.25) is 0 Å². The highest BCUT2D eigenvalue weighted by molar-refractivity contribution is 6.36. The van der Waals surface area contributed by atoms with Gasteiger partial charge in [0.1, 0.15) is 0 Å². The molecule has 4 heteroatoms. The van der Waals surface area contributed by atoms with E-state index in [-0.39, 0.29) is 0 Å². The van der Waals surface area contributed by atoms with E-state index in [1.807, 2.05) is 18.3 Å². The molecule has 0 saturated carbocycles. The van der Waals surface area contributed by atoms with Crippen LogP contribution in [0, 0.1) is 0 Å². The molecule has 1 aromatic heterocycles. The van der Waals surface area contributed by atoms with Crippen molar-refractivity contribution in [3.05, 3.63) is 75.4 Å². The lowest BCUT2D eigenvalue weighted by molar-refractivity contribution is 0.832. The van der Waals surface area contributed by atoms with Gasteiger partial charge >= 0.3 is 0 Å². The van der Waals surface area contributed by atoms with Crippen molar-refractivity contribution in [3.8, 4) is 22.4 Å². The zero-order chi connectivity index (χ0) is 17.4. The van der Waals surface area contributed by atoms with Crippen LogP contribution in [-0.4, -0.2) is 4.98 Å². The van der Waals surface area contributed by atoms with Crippen molar-refractivity contribution in [1.29, 1.82) is 0 Å². The third-order valence-electron chi connectivity index (χ3n) is 4.82. The van der Waals surface area contributed by atoms with E-state index in [1.54, 1.807) is 6.07 Å². The second kappa shape index (κ2) is 6.80. The van der Waals surface area contributed by atoms with Gasteiger partial charge in [-0.3, -0.25) is 4.98 Å². The van der Waals surface area contributed by atoms with E-state index >= 15 is 0 Å². The smallest absolute Gasteiger partial charge is 0.0743 e. The lowest BCUT2D eigenvalue weighted by Gasteiger charge is -2.18. The van der Waals surface area contributed by atoms with Crippen LogP contribution in [0.3, 0.4) is 0 Å². The molecule has 1 heterocycles. The molecule has 4 rings (SSSR count). The Morgan fingerprint density at radius 2 is 1.84 bits per heavy atom. The summed E-state index contributed by atoms with van der Waals surface area (Å²) in [5.74, 6) is 0. The molecule has 0 bridgehead atoms. The van der Waals surface area contributed by atoms with Crippen LogP contribution in [-0.2, 0) is 19.4 Å². The third-order valence-corrected chi connectivity index (χ3v) is 5.37. The molecule has 2 nitrogen and oxygen atoms in total. The Balaban J connectivity index is 2.02. The summed E-state index contributed by atoms with van der Waals surface area (Å²) >= 11 is 12.6. The maximum Gasteiger partial charge on any atom is 0.0743 e. The predicted octanol–water partition coefficient (Wildman–Crippen LogP) is 5.67. The predicted molar refractivity (Wildman–Crippen MR) is 105 cm³/mol. The fourth-order valence-corrected chi connectivity index (χ4v) is 4.18. The van der Waals surface area contributed by atoms with Crippen LogP contribution < -0.4 is 5.73 Å². The number of halogens is 2. The van der Waals surface area contributed by atoms with Crippen molar-refractivity contribution >= 4 is 23.2 Å². The minimum Gasteiger partial charge on any atom is -0.326 e. The molecule has 3 aromatic rings. The Hall–Kier alpha value is -1.87. The molecule has 126 valence electrons. The first-order valence-electron chi connectivity index (χ1n) is 8.43. The number of hydrogen-bond donors (Lipinski definition) is 1. The van der Waals surface area contributed by atoms with E-state index in [1.165, 1.54) is 16.7 Å². The van der Waals surface area contributed by atoms with Crippen LogP contribution in [0.25, 0.3) is 22.4 Å². The molecule has 0 amide bonds. The largest absolute Gasteiger partial charge is 0.326 e. The SMILES string of the molecule is NCc1cnc2c(c1-c1ccc(Cl)cc1Cl)CCCc1ccccc1-2. The Morgan fingerprint density at radius 1 is 1.00 bits per heavy atom. The molecule has 0 radical (unpaired) electrons. The summed E-state index contributed by atoms with van der Waals surface area (Å²) < 4.78 is 0. The van der Waals surface area contributed by atoms with Crippen molar-refractivity contribution in [2.75, 3.05) is 0 Å². The molecule has 25 heavy (non-hydrogen) atoms. The monoisotopic (exact) mass is 368 g/mol. The van der Waals surface area contributed by atoms with Crippen molar-refractivity contribution in [2.24, 2.45) is 5.73 Å². The number of aromatic nitrogens is 1. The first-order valence-corrected chi connectivity index (χ1v) is 9.19. The van der Waals surface area contributed by atoms with E-state index in [9.17, 15) is 0 Å². The first-order chi connectivity index (χ1) is 12.2. The maximum absolute atomic E-state index is 6.53. The van der Waals surface area contributed by atoms with Crippen LogP contribution in [0.4, 0.5) is 0 Å². The number of benzene rings is 2. The van der Waals surface area contributed by atoms with Crippen molar-refractivity contribution in [3.63, 3.8) is 0 Å². The topological polar surface area (TPSA) is 38.9 Å². The summed E-state index contributed by atoms with van der Waals surface area (Å²) in [6.07, 6.45) is 4.98. The first kappa shape index (κ1) is 16.6. The van der Waals surface area contributed by atoms with Crippen LogP contribution in [0.15, 0.2) is 48.7 Å². The molecular weight excluding hydrogens is 351 g/mol. The van der Waals surface area contributed by atoms with Crippen molar-refractivity contribution in [2.45, 2.75) is 25.8 Å². The average molecular weight is 369 g/mol. The molecule has 0 unspecified atom stereocenters. The molecule has 1 aliphatic carbocycles. The lowest BCUT2D eigenvalue weighted by atomic mass is 9.91. The number of nitrogens with two attached hydrogens (primary N) is 1. The zero-order valence-electron chi connectivity index (χ0n) is 13.7. The van der Waals surface area contributed by atoms with Gasteiger partial charge in [0, 0.05) is 33.9 Å². The Kier molecular flexibility index (Phi) is 4.51. The van der Waals surface area contributed by atoms with Crippen LogP contribution in [0.2, 0.25) is 10.0 Å². The molecule has 2 aromatic carbocycles. The van der Waals surface area contributed by atoms with Crippen LogP contribution in [0.1, 0.15) is 23.1 Å². The van der Waals surface area contributed by atoms with Gasteiger partial charge in [0.05, 0.1) is 5.69 Å². The van der Waals surface area contributed by atoms with Crippen LogP contribution >= 0.6 is 23.2 Å². The number of hydrogen-bond acceptors (Lipinski definition) is 2. The summed E-state index contributed by atoms with van der Waals surface area (Å²) in [5.41, 5.74) is 14.0. The minimum absolute atomic E-state index is 0.427. The van der Waals surface area contributed by atoms with Gasteiger partial charge in [-0.2, -0.15) is 0 Å². The minimum atomic E-state index is 0.427. The molecule has 0 fully saturated rings. The van der Waals surface area contributed by atoms with Gasteiger partial charge in [-0.1, -0.05) is 53.5 Å². The van der Waals surface area contributed by atoms with Gasteiger partial charge in [-0.25, -0.2) is 0 Å². The number of aryl methyl sites for hydroxylation is 1. The second-order valence-electron chi connectivity index (χ2n) is 6.32. The quantitative estimate of drug-likeness (QED) is 0.632. The van der Waals surface area contributed by atoms with E-state index in [2.05, 4.69) is 24.3 Å². The number of pyridine rings is 1. The summed E-state index contributed by atoms with van der Waals surface area (Å²) in [6.45, 7) is 0.427. The summed E-state index contributed by atoms with van der Waals surface area (Å²) in [5, 5.41) is 1.28. The molecule has 0 saturated heterocycles. The maximum atomic E-state index is 6.53. The highest BCUT2D eigenvalue weighted by Crippen LogP contribution is 2.41. The fourth-order valence-electron chi connectivity index (χ4n) is 3.68. The Labute approximate surface area is 157 Å². The van der Waals surface area contributed by atoms with E-state index < -0.39 is 0 Å². The van der Waals surface area contributed by atoms with Crippen molar-refractivity contribution in [1.82, 2.24) is 4.98 Å². The number of nitrogens with zero attached hydrogens (tertiary/aromatic N) is 1. The second-order valence-corrected chi connectivity index (χ2v) is 7.17. The van der Waals surface area contributed by atoms with Gasteiger partial charge < -0.3 is 5.73 Å². The van der Waals surface area contributed by atoms with Gasteiger partial charge in [-0.05, 0) is 53.6 Å². The molecule has 2 N–H and O–H groups in total. The van der Waals surface area contributed by atoms with Crippen molar-refractivity contribution < 1.29 is 0 Å². The lowest BCUT2D eigenvalue weighted by Crippen LogP contribution is -2.05. The van der Waals surface area contributed by atoms with E-state index in [0.717, 1.165) is 41.6 Å². The van der Waals surface area contributed by atoms with Gasteiger partial charge in [0.25, 0.3) is 0 Å². The van der Waals surface area contributed by atoms with E-state index in [0.29, 0.717) is 16.6 Å². The average Bonchev–Trinajstić information content (AvgIpc) is 2.81. The van der Waals surface area contributed by atoms with E-state index in [4.69, 9.17) is 33.9 Å². The molecule has 0 spiro atoms. The Morgan fingerprint density at radius 3 is 2.64 bits per heavy atom. The van der Waals surface area contributed by atoms with Gasteiger partial charge in [0.15, 0.2) is 0 Å². The summed E-state index contributed by atoms with van der Waals surface area (Å²) in [4.78, 5) is 4.78. The number of rotatable bonds is 2. The summed E-state index contributed by atoms with van der Waals surface area (Å²) in [6, 6.07) is 14.2. The molecular formula is C21H18Cl2N2. The number of fused-ring (bicyclic) bond motifs is 3. The highest BCUT2D eigenvalue weighted by Gasteiger charge is 2.22. The standard InChI is InChI=1S/C21H18Cl2N2/c22-15-8-9-17(19(23)10-15)20-14(11-24)12-25-21-16-6-2-1-4-13(16)5-3-7-18(20)21/h1-2,4,6,8-10,12H,3,5,7,11,24H2. The van der Waals surface area contributed by atoms with Crippen LogP contribution in [0.5, 0.6) is 0 Å². The molecule has 0 aliphatic heterocycles. The molecule has 0 atom stereocenters. The zero-order valence-corrected chi connectivity index (χ0v) is 15.2. The Bertz CT molecular complexity index is 951.